The lowest BCUT2D eigenvalue weighted by atomic mass is 9.47. The Balaban J connectivity index is 0.000000141. The van der Waals surface area contributed by atoms with Crippen molar-refractivity contribution in [2.75, 3.05) is 6.61 Å². The molecule has 62 heavy (non-hydrogen) atoms. The van der Waals surface area contributed by atoms with E-state index >= 15 is 0 Å². The normalized spacial score (nSPS) is 42.3. The lowest BCUT2D eigenvalue weighted by molar-refractivity contribution is -0.227. The summed E-state index contributed by atoms with van der Waals surface area (Å²) in [4.78, 5) is 49.0. The molecule has 12 fully saturated rings. The zero-order chi connectivity index (χ0) is 44.9. The topological polar surface area (TPSA) is 105 Å². The third-order valence-corrected chi connectivity index (χ3v) is 19.8. The minimum atomic E-state index is -0.549. The summed E-state index contributed by atoms with van der Waals surface area (Å²) in [5.74, 6) is 8.89. The van der Waals surface area contributed by atoms with E-state index in [0.717, 1.165) is 54.8 Å². The van der Waals surface area contributed by atoms with Gasteiger partial charge in [-0.05, 0) is 220 Å². The highest BCUT2D eigenvalue weighted by Gasteiger charge is 2.62. The maximum absolute atomic E-state index is 12.5. The lowest BCUT2D eigenvalue weighted by Gasteiger charge is -2.62. The zero-order valence-corrected chi connectivity index (χ0v) is 41.1. The van der Waals surface area contributed by atoms with E-state index in [-0.39, 0.29) is 59.1 Å². The summed E-state index contributed by atoms with van der Waals surface area (Å²) in [6.07, 6.45) is 23.0. The predicted molar refractivity (Wildman–Crippen MR) is 242 cm³/mol. The molecule has 0 N–H and O–H groups in total. The molecule has 12 bridgehead atoms. The van der Waals surface area contributed by atoms with Crippen molar-refractivity contribution in [3.05, 3.63) is 0 Å². The van der Waals surface area contributed by atoms with Gasteiger partial charge in [-0.3, -0.25) is 14.4 Å². The summed E-state index contributed by atoms with van der Waals surface area (Å²) in [7, 11) is 0. The Morgan fingerprint density at radius 1 is 0.532 bits per heavy atom. The van der Waals surface area contributed by atoms with Crippen LogP contribution in [0.4, 0.5) is 0 Å². The first-order valence-corrected chi connectivity index (χ1v) is 26.1. The van der Waals surface area contributed by atoms with Gasteiger partial charge in [0, 0.05) is 0 Å². The van der Waals surface area contributed by atoms with Crippen molar-refractivity contribution in [2.45, 2.75) is 215 Å². The molecule has 12 aliphatic carbocycles. The first-order valence-electron chi connectivity index (χ1n) is 26.1. The Hall–Kier alpha value is -2.12. The molecule has 8 nitrogen and oxygen atoms in total. The minimum Gasteiger partial charge on any atom is -0.458 e. The summed E-state index contributed by atoms with van der Waals surface area (Å²) in [5, 5.41) is 0. The molecule has 12 saturated carbocycles. The monoisotopic (exact) mass is 865 g/mol. The lowest BCUT2D eigenvalue weighted by Crippen LogP contribution is -2.62. The molecule has 0 aromatic heterocycles. The number of ether oxygens (including phenoxy) is 4. The van der Waals surface area contributed by atoms with Crippen LogP contribution in [0.2, 0.25) is 0 Å². The van der Waals surface area contributed by atoms with Crippen LogP contribution in [0.15, 0.2) is 0 Å². The summed E-state index contributed by atoms with van der Waals surface area (Å²) in [6.45, 7) is 22.4. The molecule has 2 unspecified atom stereocenters. The van der Waals surface area contributed by atoms with Crippen molar-refractivity contribution in [3.8, 4) is 0 Å². The number of hydrogen-bond donors (Lipinski definition) is 0. The van der Waals surface area contributed by atoms with Crippen molar-refractivity contribution in [1.82, 2.24) is 0 Å². The summed E-state index contributed by atoms with van der Waals surface area (Å²) >= 11 is 0. The number of hydrogen-bond acceptors (Lipinski definition) is 8. The highest BCUT2D eigenvalue weighted by Crippen LogP contribution is 2.63. The number of rotatable bonds is 13. The fraction of sp³-hybridized carbons (Fsp3) is 0.926. The van der Waals surface area contributed by atoms with Crippen LogP contribution in [-0.2, 0) is 38.1 Å². The van der Waals surface area contributed by atoms with Crippen LogP contribution >= 0.6 is 0 Å². The van der Waals surface area contributed by atoms with Gasteiger partial charge in [-0.1, -0.05) is 55.4 Å². The average Bonchev–Trinajstić information content (AvgIpc) is 3.23. The summed E-state index contributed by atoms with van der Waals surface area (Å²) < 4.78 is 23.5. The van der Waals surface area contributed by atoms with Crippen LogP contribution in [0.1, 0.15) is 198 Å². The third-order valence-electron chi connectivity index (χ3n) is 19.8. The van der Waals surface area contributed by atoms with Gasteiger partial charge in [-0.15, -0.1) is 0 Å². The molecule has 0 radical (unpaired) electrons. The van der Waals surface area contributed by atoms with Gasteiger partial charge < -0.3 is 18.9 Å². The van der Waals surface area contributed by atoms with E-state index in [1.807, 2.05) is 34.6 Å². The van der Waals surface area contributed by atoms with E-state index in [2.05, 4.69) is 41.5 Å². The van der Waals surface area contributed by atoms with Gasteiger partial charge in [0.2, 0.25) is 0 Å². The highest BCUT2D eigenvalue weighted by molar-refractivity contribution is 5.80. The number of carbonyl (C=O) groups is 4. The number of carbonyl (C=O) groups excluding carboxylic acids is 4. The number of esters is 4. The smallest absolute Gasteiger partial charge is 0.344 e. The maximum atomic E-state index is 12.5. The van der Waals surface area contributed by atoms with E-state index < -0.39 is 5.41 Å². The second-order valence-electron chi connectivity index (χ2n) is 24.2. The van der Waals surface area contributed by atoms with Gasteiger partial charge in [0.25, 0.3) is 0 Å². The zero-order valence-electron chi connectivity index (χ0n) is 41.1. The second kappa shape index (κ2) is 18.6. The van der Waals surface area contributed by atoms with E-state index in [0.29, 0.717) is 47.8 Å². The fourth-order valence-electron chi connectivity index (χ4n) is 15.9. The Kier molecular flexibility index (Phi) is 14.4. The molecule has 2 atom stereocenters. The van der Waals surface area contributed by atoms with Crippen molar-refractivity contribution < 1.29 is 38.1 Å². The molecular formula is C54H88O8. The maximum Gasteiger partial charge on any atom is 0.344 e. The van der Waals surface area contributed by atoms with Gasteiger partial charge >= 0.3 is 23.9 Å². The summed E-state index contributed by atoms with van der Waals surface area (Å²) in [5.41, 5.74) is -1.15. The van der Waals surface area contributed by atoms with Crippen LogP contribution in [-0.4, -0.2) is 47.3 Å². The molecule has 0 saturated heterocycles. The molecule has 0 aliphatic heterocycles. The fourth-order valence-corrected chi connectivity index (χ4v) is 15.9. The first kappa shape index (κ1) is 47.8. The molecule has 0 aromatic rings. The molecule has 0 aromatic carbocycles. The molecule has 12 rings (SSSR count). The first-order chi connectivity index (χ1) is 29.3. The Morgan fingerprint density at radius 2 is 0.903 bits per heavy atom. The minimum absolute atomic E-state index is 0.0443. The van der Waals surface area contributed by atoms with Crippen molar-refractivity contribution >= 4 is 23.9 Å². The Labute approximate surface area is 376 Å². The Morgan fingerprint density at radius 3 is 1.26 bits per heavy atom. The van der Waals surface area contributed by atoms with Crippen LogP contribution in [0, 0.1) is 94.2 Å². The third kappa shape index (κ3) is 9.05. The van der Waals surface area contributed by atoms with Gasteiger partial charge in [-0.2, -0.15) is 0 Å². The second-order valence-corrected chi connectivity index (χ2v) is 24.2. The highest BCUT2D eigenvalue weighted by atomic mass is 16.6. The van der Waals surface area contributed by atoms with Crippen LogP contribution in [0.25, 0.3) is 0 Å². The van der Waals surface area contributed by atoms with Crippen LogP contribution in [0.3, 0.4) is 0 Å². The van der Waals surface area contributed by atoms with Crippen LogP contribution < -0.4 is 0 Å². The van der Waals surface area contributed by atoms with Gasteiger partial charge in [0.1, 0.15) is 16.8 Å². The van der Waals surface area contributed by atoms with E-state index in [1.54, 1.807) is 0 Å². The molecule has 0 amide bonds. The van der Waals surface area contributed by atoms with E-state index in [4.69, 9.17) is 18.9 Å². The standard InChI is InChI=1S/C19H30O4.C18H30O2.C17H28O2/c1-5-18(2,3)17(21)22-11-16(20)23-19(4)14-7-12-6-13(9-14)10-15(19)8-12;1-5-12(4)17(19)20-18(11(2)3)15-7-13-6-14(9-15)10-16(18)8-13;1-4-11(3)16(18)19-17(5-2)14-7-12-6-13(9-14)10-15(17)8-12/h12-15H,5-11H2,1-4H3;11-16H,5-10H2,1-4H3;11-15H,4-10H2,1-3H3. The molecule has 8 heteroatoms. The van der Waals surface area contributed by atoms with Gasteiger partial charge in [-0.25, -0.2) is 4.79 Å². The molecular weight excluding hydrogens is 777 g/mol. The molecule has 352 valence electrons. The largest absolute Gasteiger partial charge is 0.458 e. The molecule has 0 spiro atoms. The van der Waals surface area contributed by atoms with Crippen LogP contribution in [0.5, 0.6) is 0 Å². The van der Waals surface area contributed by atoms with Gasteiger partial charge in [0.05, 0.1) is 17.3 Å². The van der Waals surface area contributed by atoms with E-state index in [9.17, 15) is 19.2 Å². The Bertz CT molecular complexity index is 1520. The van der Waals surface area contributed by atoms with E-state index in [1.165, 1.54) is 96.3 Å². The SMILES string of the molecule is CCC(C)(C)C(=O)OCC(=O)OC1(C)C2CC3CC(C2)CC1C3.CCC(C)C(=O)OC1(C(C)C)C2CC3CC(C2)CC1C3.CCC(C)C(=O)OC1(CC)C2CC3CC(C2)CC1C3. The molecule has 12 aliphatic rings. The van der Waals surface area contributed by atoms with Crippen molar-refractivity contribution in [1.29, 1.82) is 0 Å². The predicted octanol–water partition coefficient (Wildman–Crippen LogP) is 12.3. The average molecular weight is 865 g/mol. The molecule has 0 heterocycles. The van der Waals surface area contributed by atoms with Gasteiger partial charge in [0.15, 0.2) is 6.61 Å². The van der Waals surface area contributed by atoms with Crippen molar-refractivity contribution in [3.63, 3.8) is 0 Å². The van der Waals surface area contributed by atoms with Crippen molar-refractivity contribution in [2.24, 2.45) is 94.2 Å². The summed E-state index contributed by atoms with van der Waals surface area (Å²) in [6, 6.07) is 0. The quantitative estimate of drug-likeness (QED) is 0.133.